The van der Waals surface area contributed by atoms with Gasteiger partial charge in [0, 0.05) is 25.1 Å². The lowest BCUT2D eigenvalue weighted by Crippen LogP contribution is -2.41. The van der Waals surface area contributed by atoms with Crippen molar-refractivity contribution in [3.8, 4) is 11.1 Å². The van der Waals surface area contributed by atoms with Gasteiger partial charge in [-0.25, -0.2) is 4.79 Å². The van der Waals surface area contributed by atoms with Crippen molar-refractivity contribution in [2.75, 3.05) is 32.8 Å². The summed E-state index contributed by atoms with van der Waals surface area (Å²) < 4.78 is 18.1. The molecule has 0 spiro atoms. The van der Waals surface area contributed by atoms with Crippen LogP contribution in [0.3, 0.4) is 0 Å². The first-order valence-corrected chi connectivity index (χ1v) is 15.6. The fraction of sp³-hybridized carbons (Fsp3) is 0.429. The number of esters is 1. The molecule has 0 radical (unpaired) electrons. The molecule has 234 valence electrons. The maximum Gasteiger partial charge on any atom is 0.325 e. The van der Waals surface area contributed by atoms with E-state index in [2.05, 4.69) is 27.7 Å². The van der Waals surface area contributed by atoms with Gasteiger partial charge >= 0.3 is 12.0 Å². The molecule has 5 rings (SSSR count). The summed E-state index contributed by atoms with van der Waals surface area (Å²) in [6.07, 6.45) is 3.91. The highest BCUT2D eigenvalue weighted by molar-refractivity contribution is 5.80. The predicted molar refractivity (Wildman–Crippen MR) is 167 cm³/mol. The third-order valence-corrected chi connectivity index (χ3v) is 8.10. The van der Waals surface area contributed by atoms with Crippen molar-refractivity contribution in [3.63, 3.8) is 0 Å². The third-order valence-electron chi connectivity index (χ3n) is 8.10. The molecular weight excluding hydrogens is 558 g/mol. The Balaban J connectivity index is 1.29. The lowest BCUT2D eigenvalue weighted by atomic mass is 9.98. The molecule has 2 amide bonds. The van der Waals surface area contributed by atoms with Crippen LogP contribution in [-0.2, 0) is 32.2 Å². The first-order valence-electron chi connectivity index (χ1n) is 15.6. The zero-order valence-corrected chi connectivity index (χ0v) is 25.4. The van der Waals surface area contributed by atoms with E-state index in [0.29, 0.717) is 6.54 Å². The molecular formula is C35H43N3O6. The van der Waals surface area contributed by atoms with Crippen molar-refractivity contribution < 1.29 is 28.9 Å². The van der Waals surface area contributed by atoms with E-state index < -0.39 is 18.3 Å². The Hall–Kier alpha value is -3.76. The molecule has 2 heterocycles. The SMILES string of the molecule is CCOC(=O)CNC(=O)NCc1cccc(-c2cccc([C@@H]3O[C@H](CN4CCCCC4)C[C@H](c4ccc(CO)cc4)O3)c2)c1. The van der Waals surface area contributed by atoms with Gasteiger partial charge in [0.2, 0.25) is 0 Å². The molecule has 2 saturated heterocycles. The van der Waals surface area contributed by atoms with Gasteiger partial charge < -0.3 is 34.9 Å². The van der Waals surface area contributed by atoms with E-state index in [1.807, 2.05) is 60.7 Å². The minimum atomic E-state index is -0.519. The number of nitrogens with one attached hydrogen (secondary N) is 2. The third kappa shape index (κ3) is 8.89. The van der Waals surface area contributed by atoms with Crippen molar-refractivity contribution >= 4 is 12.0 Å². The summed E-state index contributed by atoms with van der Waals surface area (Å²) in [5.41, 5.74) is 5.87. The number of amides is 2. The van der Waals surface area contributed by atoms with E-state index in [1.54, 1.807) is 6.92 Å². The number of aliphatic hydroxyl groups is 1. The summed E-state index contributed by atoms with van der Waals surface area (Å²) >= 11 is 0. The monoisotopic (exact) mass is 601 g/mol. The summed E-state index contributed by atoms with van der Waals surface area (Å²) in [7, 11) is 0. The van der Waals surface area contributed by atoms with Crippen molar-refractivity contribution in [1.82, 2.24) is 15.5 Å². The Labute approximate surface area is 259 Å². The molecule has 0 saturated carbocycles. The van der Waals surface area contributed by atoms with E-state index in [0.717, 1.165) is 59.4 Å². The molecule has 2 fully saturated rings. The van der Waals surface area contributed by atoms with Crippen LogP contribution in [0.2, 0.25) is 0 Å². The summed E-state index contributed by atoms with van der Waals surface area (Å²) in [5, 5.41) is 14.8. The lowest BCUT2D eigenvalue weighted by molar-refractivity contribution is -0.253. The Morgan fingerprint density at radius 1 is 0.886 bits per heavy atom. The van der Waals surface area contributed by atoms with Gasteiger partial charge in [0.1, 0.15) is 6.54 Å². The first-order chi connectivity index (χ1) is 21.5. The van der Waals surface area contributed by atoms with Gasteiger partial charge in [-0.1, -0.05) is 67.1 Å². The van der Waals surface area contributed by atoms with Gasteiger partial charge in [-0.2, -0.15) is 0 Å². The Morgan fingerprint density at radius 2 is 1.64 bits per heavy atom. The van der Waals surface area contributed by atoms with Crippen LogP contribution in [0.1, 0.15) is 67.3 Å². The topological polar surface area (TPSA) is 109 Å². The maximum absolute atomic E-state index is 12.1. The van der Waals surface area contributed by atoms with Crippen LogP contribution in [0.4, 0.5) is 4.79 Å². The van der Waals surface area contributed by atoms with E-state index >= 15 is 0 Å². The number of ether oxygens (including phenoxy) is 3. The predicted octanol–water partition coefficient (Wildman–Crippen LogP) is 5.24. The molecule has 3 N–H and O–H groups in total. The number of carbonyl (C=O) groups is 2. The van der Waals surface area contributed by atoms with Crippen LogP contribution in [0, 0.1) is 0 Å². The number of aliphatic hydroxyl groups excluding tert-OH is 1. The molecule has 0 aliphatic carbocycles. The second-order valence-electron chi connectivity index (χ2n) is 11.4. The number of hydrogen-bond acceptors (Lipinski definition) is 7. The molecule has 0 bridgehead atoms. The number of piperidine rings is 1. The molecule has 9 heteroatoms. The smallest absolute Gasteiger partial charge is 0.325 e. The fourth-order valence-electron chi connectivity index (χ4n) is 5.80. The molecule has 0 unspecified atom stereocenters. The quantitative estimate of drug-likeness (QED) is 0.258. The minimum Gasteiger partial charge on any atom is -0.465 e. The summed E-state index contributed by atoms with van der Waals surface area (Å²) in [4.78, 5) is 26.1. The summed E-state index contributed by atoms with van der Waals surface area (Å²) in [5.74, 6) is -0.473. The van der Waals surface area contributed by atoms with Crippen LogP contribution >= 0.6 is 0 Å². The lowest BCUT2D eigenvalue weighted by Gasteiger charge is -2.39. The number of likely N-dealkylation sites (tertiary alicyclic amines) is 1. The Kier molecular flexibility index (Phi) is 11.4. The number of rotatable bonds is 11. The van der Waals surface area contributed by atoms with Crippen molar-refractivity contribution in [1.29, 1.82) is 0 Å². The van der Waals surface area contributed by atoms with Crippen LogP contribution in [0.5, 0.6) is 0 Å². The molecule has 0 aromatic heterocycles. The minimum absolute atomic E-state index is 0.0157. The van der Waals surface area contributed by atoms with Gasteiger partial charge in [-0.3, -0.25) is 4.79 Å². The standard InChI is InChI=1S/C35H43N3O6/c1-2-42-33(40)22-37-35(41)36-21-26-8-6-9-28(18-26)29-10-7-11-30(19-29)34-43-31(23-38-16-4-3-5-17-38)20-32(44-34)27-14-12-25(24-39)13-15-27/h6-15,18-19,31-32,34,39H,2-5,16-17,20-24H2,1H3,(H2,36,37,41)/t31-,32+,34+/m0/s1. The van der Waals surface area contributed by atoms with E-state index in [9.17, 15) is 14.7 Å². The fourth-order valence-corrected chi connectivity index (χ4v) is 5.80. The Morgan fingerprint density at radius 3 is 2.39 bits per heavy atom. The number of nitrogens with zero attached hydrogens (tertiary/aromatic N) is 1. The highest BCUT2D eigenvalue weighted by Crippen LogP contribution is 2.39. The van der Waals surface area contributed by atoms with E-state index in [1.165, 1.54) is 19.3 Å². The molecule has 2 aliphatic rings. The van der Waals surface area contributed by atoms with Gasteiger partial charge in [-0.05, 0) is 72.8 Å². The largest absolute Gasteiger partial charge is 0.465 e. The molecule has 2 aliphatic heterocycles. The summed E-state index contributed by atoms with van der Waals surface area (Å²) in [6, 6.07) is 23.8. The highest BCUT2D eigenvalue weighted by atomic mass is 16.7. The van der Waals surface area contributed by atoms with Crippen LogP contribution in [0.15, 0.2) is 72.8 Å². The van der Waals surface area contributed by atoms with Crippen LogP contribution in [0.25, 0.3) is 11.1 Å². The van der Waals surface area contributed by atoms with Gasteiger partial charge in [0.05, 0.1) is 25.4 Å². The zero-order chi connectivity index (χ0) is 30.7. The second-order valence-corrected chi connectivity index (χ2v) is 11.4. The average Bonchev–Trinajstić information content (AvgIpc) is 3.07. The second kappa shape index (κ2) is 15.8. The molecule has 3 atom stereocenters. The maximum atomic E-state index is 12.1. The molecule has 3 aromatic rings. The number of hydrogen-bond donors (Lipinski definition) is 3. The highest BCUT2D eigenvalue weighted by Gasteiger charge is 2.33. The van der Waals surface area contributed by atoms with Crippen LogP contribution in [-0.4, -0.2) is 60.9 Å². The summed E-state index contributed by atoms with van der Waals surface area (Å²) in [6.45, 7) is 5.24. The van der Waals surface area contributed by atoms with Crippen molar-refractivity contribution in [2.24, 2.45) is 0 Å². The molecule has 3 aromatic carbocycles. The molecule has 9 nitrogen and oxygen atoms in total. The van der Waals surface area contributed by atoms with Crippen molar-refractivity contribution in [3.05, 3.63) is 95.1 Å². The van der Waals surface area contributed by atoms with E-state index in [4.69, 9.17) is 14.2 Å². The Bertz CT molecular complexity index is 1370. The molecule has 44 heavy (non-hydrogen) atoms. The van der Waals surface area contributed by atoms with Gasteiger partial charge in [0.25, 0.3) is 0 Å². The average molecular weight is 602 g/mol. The van der Waals surface area contributed by atoms with Crippen LogP contribution < -0.4 is 10.6 Å². The van der Waals surface area contributed by atoms with Crippen molar-refractivity contribution in [2.45, 2.75) is 64.3 Å². The number of benzene rings is 3. The zero-order valence-electron chi connectivity index (χ0n) is 25.4. The first kappa shape index (κ1) is 31.7. The normalized spacial score (nSPS) is 20.5. The number of urea groups is 1. The number of carbonyl (C=O) groups excluding carboxylic acids is 2. The van der Waals surface area contributed by atoms with Gasteiger partial charge in [-0.15, -0.1) is 0 Å². The van der Waals surface area contributed by atoms with Gasteiger partial charge in [0.15, 0.2) is 6.29 Å². The van der Waals surface area contributed by atoms with E-state index in [-0.39, 0.29) is 32.0 Å².